The Morgan fingerprint density at radius 1 is 1.53 bits per heavy atom. The zero-order valence-electron chi connectivity index (χ0n) is 10.4. The molecule has 17 heavy (non-hydrogen) atoms. The number of rotatable bonds is 3. The summed E-state index contributed by atoms with van der Waals surface area (Å²) in [5, 5.41) is 11.6. The van der Waals surface area contributed by atoms with E-state index in [0.29, 0.717) is 10.9 Å². The Morgan fingerprint density at radius 2 is 2.29 bits per heavy atom. The summed E-state index contributed by atoms with van der Waals surface area (Å²) in [4.78, 5) is 0. The summed E-state index contributed by atoms with van der Waals surface area (Å²) in [7, 11) is 1.63. The largest absolute Gasteiger partial charge is 0.496 e. The molecule has 2 rings (SSSR count). The predicted octanol–water partition coefficient (Wildman–Crippen LogP) is 3.75. The van der Waals surface area contributed by atoms with Crippen LogP contribution in [-0.2, 0) is 5.60 Å². The van der Waals surface area contributed by atoms with Crippen LogP contribution in [-0.4, -0.2) is 12.2 Å². The Labute approximate surface area is 108 Å². The third kappa shape index (κ3) is 2.16. The molecule has 0 aliphatic heterocycles. The van der Waals surface area contributed by atoms with E-state index in [-0.39, 0.29) is 0 Å². The minimum absolute atomic E-state index is 0.301. The van der Waals surface area contributed by atoms with Gasteiger partial charge in [0.15, 0.2) is 0 Å². The van der Waals surface area contributed by atoms with Crippen molar-refractivity contribution in [1.82, 2.24) is 0 Å². The molecule has 2 unspecified atom stereocenters. The second-order valence-corrected chi connectivity index (χ2v) is 5.20. The molecule has 2 atom stereocenters. The molecule has 1 fully saturated rings. The van der Waals surface area contributed by atoms with Crippen molar-refractivity contribution in [2.24, 2.45) is 5.92 Å². The Morgan fingerprint density at radius 3 is 2.94 bits per heavy atom. The van der Waals surface area contributed by atoms with Crippen LogP contribution >= 0.6 is 11.6 Å². The SMILES string of the molecule is CCC1CCCC1(O)c1cc(Cl)ccc1OC. The van der Waals surface area contributed by atoms with Crippen LogP contribution < -0.4 is 4.74 Å². The van der Waals surface area contributed by atoms with Gasteiger partial charge in [-0.1, -0.05) is 24.9 Å². The smallest absolute Gasteiger partial charge is 0.125 e. The molecule has 1 aromatic rings. The number of benzene rings is 1. The van der Waals surface area contributed by atoms with Crippen molar-refractivity contribution in [1.29, 1.82) is 0 Å². The number of ether oxygens (including phenoxy) is 1. The van der Waals surface area contributed by atoms with Crippen LogP contribution in [0.5, 0.6) is 5.75 Å². The normalized spacial score (nSPS) is 28.4. The van der Waals surface area contributed by atoms with E-state index in [1.54, 1.807) is 13.2 Å². The molecule has 0 heterocycles. The van der Waals surface area contributed by atoms with E-state index in [0.717, 1.165) is 37.0 Å². The van der Waals surface area contributed by atoms with Gasteiger partial charge in [-0.3, -0.25) is 0 Å². The average molecular weight is 255 g/mol. The number of hydrogen-bond donors (Lipinski definition) is 1. The maximum Gasteiger partial charge on any atom is 0.125 e. The summed E-state index contributed by atoms with van der Waals surface area (Å²) in [6.45, 7) is 2.12. The van der Waals surface area contributed by atoms with Gasteiger partial charge in [0.2, 0.25) is 0 Å². The van der Waals surface area contributed by atoms with Crippen LogP contribution in [0.2, 0.25) is 5.02 Å². The first-order valence-electron chi connectivity index (χ1n) is 6.18. The van der Waals surface area contributed by atoms with Gasteiger partial charge in [0.1, 0.15) is 5.75 Å². The van der Waals surface area contributed by atoms with Crippen molar-refractivity contribution in [3.8, 4) is 5.75 Å². The molecule has 1 aliphatic rings. The summed E-state index contributed by atoms with van der Waals surface area (Å²) in [5.74, 6) is 1.03. The second kappa shape index (κ2) is 4.87. The Kier molecular flexibility index (Phi) is 3.64. The summed E-state index contributed by atoms with van der Waals surface area (Å²) >= 11 is 6.04. The van der Waals surface area contributed by atoms with Crippen LogP contribution in [0.15, 0.2) is 18.2 Å². The number of aliphatic hydroxyl groups is 1. The minimum Gasteiger partial charge on any atom is -0.496 e. The quantitative estimate of drug-likeness (QED) is 0.890. The van der Waals surface area contributed by atoms with Gasteiger partial charge in [0.25, 0.3) is 0 Å². The third-order valence-corrected chi connectivity index (χ3v) is 4.14. The third-order valence-electron chi connectivity index (χ3n) is 3.91. The molecule has 2 nitrogen and oxygen atoms in total. The van der Waals surface area contributed by atoms with Crippen molar-refractivity contribution < 1.29 is 9.84 Å². The number of methoxy groups -OCH3 is 1. The monoisotopic (exact) mass is 254 g/mol. The highest BCUT2D eigenvalue weighted by Gasteiger charge is 2.43. The fourth-order valence-electron chi connectivity index (χ4n) is 2.98. The predicted molar refractivity (Wildman–Crippen MR) is 69.5 cm³/mol. The van der Waals surface area contributed by atoms with Crippen molar-refractivity contribution in [3.63, 3.8) is 0 Å². The average Bonchev–Trinajstić information content (AvgIpc) is 2.71. The van der Waals surface area contributed by atoms with Crippen molar-refractivity contribution in [2.75, 3.05) is 7.11 Å². The van der Waals surface area contributed by atoms with E-state index in [2.05, 4.69) is 6.92 Å². The highest BCUT2D eigenvalue weighted by atomic mass is 35.5. The van der Waals surface area contributed by atoms with Crippen LogP contribution in [0.3, 0.4) is 0 Å². The maximum absolute atomic E-state index is 10.9. The van der Waals surface area contributed by atoms with Crippen LogP contribution in [0.4, 0.5) is 0 Å². The van der Waals surface area contributed by atoms with E-state index in [9.17, 15) is 5.11 Å². The first-order chi connectivity index (χ1) is 8.11. The first kappa shape index (κ1) is 12.7. The van der Waals surface area contributed by atoms with Crippen LogP contribution in [0.25, 0.3) is 0 Å². The van der Waals surface area contributed by atoms with Gasteiger partial charge >= 0.3 is 0 Å². The van der Waals surface area contributed by atoms with Crippen molar-refractivity contribution in [2.45, 2.75) is 38.2 Å². The lowest BCUT2D eigenvalue weighted by atomic mass is 9.82. The fraction of sp³-hybridized carbons (Fsp3) is 0.571. The van der Waals surface area contributed by atoms with Gasteiger partial charge < -0.3 is 9.84 Å². The number of hydrogen-bond acceptors (Lipinski definition) is 2. The maximum atomic E-state index is 10.9. The molecule has 0 spiro atoms. The van der Waals surface area contributed by atoms with Gasteiger partial charge in [-0.25, -0.2) is 0 Å². The fourth-order valence-corrected chi connectivity index (χ4v) is 3.15. The molecule has 0 bridgehead atoms. The first-order valence-corrected chi connectivity index (χ1v) is 6.56. The Bertz CT molecular complexity index is 405. The molecule has 0 saturated heterocycles. The minimum atomic E-state index is -0.773. The molecular formula is C14H19ClO2. The van der Waals surface area contributed by atoms with Gasteiger partial charge in [0, 0.05) is 10.6 Å². The highest BCUT2D eigenvalue weighted by Crippen LogP contribution is 2.48. The van der Waals surface area contributed by atoms with Gasteiger partial charge in [-0.15, -0.1) is 0 Å². The molecule has 1 saturated carbocycles. The molecule has 0 amide bonds. The second-order valence-electron chi connectivity index (χ2n) is 4.77. The van der Waals surface area contributed by atoms with E-state index in [1.807, 2.05) is 12.1 Å². The van der Waals surface area contributed by atoms with Crippen LogP contribution in [0, 0.1) is 5.92 Å². The summed E-state index contributed by atoms with van der Waals surface area (Å²) < 4.78 is 5.35. The van der Waals surface area contributed by atoms with Gasteiger partial charge in [-0.05, 0) is 43.4 Å². The lowest BCUT2D eigenvalue weighted by Gasteiger charge is -2.31. The lowest BCUT2D eigenvalue weighted by molar-refractivity contribution is -0.00583. The highest BCUT2D eigenvalue weighted by molar-refractivity contribution is 6.30. The lowest BCUT2D eigenvalue weighted by Crippen LogP contribution is -2.30. The topological polar surface area (TPSA) is 29.5 Å². The molecule has 1 aliphatic carbocycles. The molecule has 0 aromatic heterocycles. The number of halogens is 1. The zero-order valence-corrected chi connectivity index (χ0v) is 11.1. The van der Waals surface area contributed by atoms with E-state index < -0.39 is 5.60 Å². The zero-order chi connectivity index (χ0) is 12.5. The van der Waals surface area contributed by atoms with Gasteiger partial charge in [-0.2, -0.15) is 0 Å². The van der Waals surface area contributed by atoms with E-state index in [4.69, 9.17) is 16.3 Å². The molecular weight excluding hydrogens is 236 g/mol. The molecule has 1 N–H and O–H groups in total. The van der Waals surface area contributed by atoms with Crippen molar-refractivity contribution in [3.05, 3.63) is 28.8 Å². The Balaban J connectivity index is 2.47. The molecule has 0 radical (unpaired) electrons. The summed E-state index contributed by atoms with van der Waals surface area (Å²) in [6, 6.07) is 5.47. The molecule has 94 valence electrons. The van der Waals surface area contributed by atoms with Crippen LogP contribution in [0.1, 0.15) is 38.2 Å². The molecule has 3 heteroatoms. The Hall–Kier alpha value is -0.730. The summed E-state index contributed by atoms with van der Waals surface area (Å²) in [6.07, 6.45) is 3.90. The van der Waals surface area contributed by atoms with Crippen molar-refractivity contribution >= 4 is 11.6 Å². The van der Waals surface area contributed by atoms with E-state index in [1.165, 1.54) is 0 Å². The van der Waals surface area contributed by atoms with E-state index >= 15 is 0 Å². The van der Waals surface area contributed by atoms with Gasteiger partial charge in [0.05, 0.1) is 12.7 Å². The molecule has 1 aromatic carbocycles. The standard InChI is InChI=1S/C14H19ClO2/c1-3-10-5-4-8-14(10,16)12-9-11(15)6-7-13(12)17-2/h6-7,9-10,16H,3-5,8H2,1-2H3. The summed E-state index contributed by atoms with van der Waals surface area (Å²) in [5.41, 5.74) is 0.0715.